The van der Waals surface area contributed by atoms with Gasteiger partial charge in [-0.2, -0.15) is 0 Å². The van der Waals surface area contributed by atoms with E-state index < -0.39 is 12.0 Å². The third kappa shape index (κ3) is 2.71. The third-order valence-electron chi connectivity index (χ3n) is 2.07. The van der Waals surface area contributed by atoms with E-state index in [1.807, 2.05) is 0 Å². The van der Waals surface area contributed by atoms with Crippen molar-refractivity contribution in [1.29, 1.82) is 0 Å². The van der Waals surface area contributed by atoms with Gasteiger partial charge in [-0.1, -0.05) is 0 Å². The van der Waals surface area contributed by atoms with Crippen LogP contribution in [-0.2, 0) is 0 Å². The summed E-state index contributed by atoms with van der Waals surface area (Å²) in [7, 11) is 0. The highest BCUT2D eigenvalue weighted by molar-refractivity contribution is 4.84. The first-order chi connectivity index (χ1) is 5.12. The van der Waals surface area contributed by atoms with Crippen molar-refractivity contribution in [2.45, 2.75) is 31.3 Å². The number of aliphatic hydroxyl groups is 1. The largest absolute Gasteiger partial charge is 0.390 e. The zero-order valence-electron chi connectivity index (χ0n) is 6.32. The highest BCUT2D eigenvalue weighted by Gasteiger charge is 2.31. The van der Waals surface area contributed by atoms with Gasteiger partial charge in [-0.25, -0.2) is 8.78 Å². The Bertz CT molecular complexity index is 124. The molecule has 0 spiro atoms. The molecule has 0 saturated carbocycles. The maximum absolute atomic E-state index is 11.9. The fraction of sp³-hybridized carbons (Fsp3) is 1.00. The lowest BCUT2D eigenvalue weighted by atomic mass is 9.89. The second-order valence-corrected chi connectivity index (χ2v) is 3.07. The molecule has 0 atom stereocenters. The van der Waals surface area contributed by atoms with E-state index in [1.54, 1.807) is 0 Å². The Hall–Kier alpha value is -0.220. The van der Waals surface area contributed by atoms with E-state index in [1.165, 1.54) is 0 Å². The molecule has 0 aromatic carbocycles. The molecule has 2 nitrogen and oxygen atoms in total. The summed E-state index contributed by atoms with van der Waals surface area (Å²) in [4.78, 5) is 0. The summed E-state index contributed by atoms with van der Waals surface area (Å²) in [5.74, 6) is 0. The molecule has 1 aliphatic rings. The summed E-state index contributed by atoms with van der Waals surface area (Å²) in [5, 5.41) is 12.5. The molecule has 1 saturated heterocycles. The van der Waals surface area contributed by atoms with Crippen LogP contribution in [0.3, 0.4) is 0 Å². The minimum absolute atomic E-state index is 0.380. The number of hydrogen-bond donors (Lipinski definition) is 2. The Kier molecular flexibility index (Phi) is 2.78. The molecular weight excluding hydrogens is 152 g/mol. The van der Waals surface area contributed by atoms with Crippen molar-refractivity contribution in [1.82, 2.24) is 5.32 Å². The average molecular weight is 165 g/mol. The van der Waals surface area contributed by atoms with Crippen molar-refractivity contribution < 1.29 is 13.9 Å². The molecular formula is C7H13F2NO. The van der Waals surface area contributed by atoms with Crippen LogP contribution in [0.25, 0.3) is 0 Å². The summed E-state index contributed by atoms with van der Waals surface area (Å²) in [6.45, 7) is 1.28. The van der Waals surface area contributed by atoms with E-state index in [2.05, 4.69) is 5.32 Å². The van der Waals surface area contributed by atoms with Gasteiger partial charge < -0.3 is 10.4 Å². The maximum Gasteiger partial charge on any atom is 0.241 e. The topological polar surface area (TPSA) is 32.3 Å². The molecule has 0 radical (unpaired) electrons. The molecule has 0 amide bonds. The molecule has 1 aliphatic heterocycles. The van der Waals surface area contributed by atoms with Crippen LogP contribution in [0.2, 0.25) is 0 Å². The Morgan fingerprint density at radius 3 is 2.36 bits per heavy atom. The summed E-state index contributed by atoms with van der Waals surface area (Å²) >= 11 is 0. The molecule has 2 N–H and O–H groups in total. The van der Waals surface area contributed by atoms with Gasteiger partial charge in [0.2, 0.25) is 6.43 Å². The van der Waals surface area contributed by atoms with E-state index in [0.717, 1.165) is 0 Å². The lowest BCUT2D eigenvalue weighted by Gasteiger charge is -2.32. The fourth-order valence-electron chi connectivity index (χ4n) is 1.38. The normalized spacial score (nSPS) is 24.0. The summed E-state index contributed by atoms with van der Waals surface area (Å²) in [6, 6.07) is 0. The van der Waals surface area contributed by atoms with Gasteiger partial charge in [-0.15, -0.1) is 0 Å². The van der Waals surface area contributed by atoms with Crippen LogP contribution >= 0.6 is 0 Å². The molecule has 66 valence electrons. The van der Waals surface area contributed by atoms with Crippen LogP contribution in [-0.4, -0.2) is 30.2 Å². The van der Waals surface area contributed by atoms with Crippen LogP contribution in [0.5, 0.6) is 0 Å². The quantitative estimate of drug-likeness (QED) is 0.633. The molecule has 0 aromatic rings. The Morgan fingerprint density at radius 2 is 1.91 bits per heavy atom. The predicted octanol–water partition coefficient (Wildman–Crippen LogP) is 0.756. The number of halogens is 2. The van der Waals surface area contributed by atoms with E-state index in [4.69, 9.17) is 0 Å². The molecule has 1 heterocycles. The molecule has 0 unspecified atom stereocenters. The first kappa shape index (κ1) is 8.87. The number of nitrogens with one attached hydrogen (secondary N) is 1. The first-order valence-corrected chi connectivity index (χ1v) is 3.84. The predicted molar refractivity (Wildman–Crippen MR) is 37.7 cm³/mol. The van der Waals surface area contributed by atoms with Crippen molar-refractivity contribution in [3.8, 4) is 0 Å². The fourth-order valence-corrected chi connectivity index (χ4v) is 1.38. The van der Waals surface area contributed by atoms with Crippen molar-refractivity contribution in [3.63, 3.8) is 0 Å². The second-order valence-electron chi connectivity index (χ2n) is 3.07. The summed E-state index contributed by atoms with van der Waals surface area (Å²) < 4.78 is 23.8. The van der Waals surface area contributed by atoms with Crippen LogP contribution in [0.4, 0.5) is 8.78 Å². The van der Waals surface area contributed by atoms with Crippen molar-refractivity contribution >= 4 is 0 Å². The van der Waals surface area contributed by atoms with Crippen molar-refractivity contribution in [3.05, 3.63) is 0 Å². The van der Waals surface area contributed by atoms with Crippen LogP contribution in [0.15, 0.2) is 0 Å². The van der Waals surface area contributed by atoms with E-state index in [-0.39, 0.29) is 6.42 Å². The summed E-state index contributed by atoms with van der Waals surface area (Å²) in [5.41, 5.74) is -1.11. The van der Waals surface area contributed by atoms with E-state index in [9.17, 15) is 13.9 Å². The highest BCUT2D eigenvalue weighted by atomic mass is 19.3. The van der Waals surface area contributed by atoms with Crippen molar-refractivity contribution in [2.24, 2.45) is 0 Å². The number of piperidine rings is 1. The first-order valence-electron chi connectivity index (χ1n) is 3.84. The van der Waals surface area contributed by atoms with Crippen LogP contribution in [0, 0.1) is 0 Å². The number of rotatable bonds is 2. The van der Waals surface area contributed by atoms with Gasteiger partial charge in [0.15, 0.2) is 0 Å². The van der Waals surface area contributed by atoms with E-state index in [0.29, 0.717) is 25.9 Å². The smallest absolute Gasteiger partial charge is 0.241 e. The molecule has 0 bridgehead atoms. The minimum Gasteiger partial charge on any atom is -0.390 e. The van der Waals surface area contributed by atoms with Crippen molar-refractivity contribution in [2.75, 3.05) is 13.1 Å². The third-order valence-corrected chi connectivity index (χ3v) is 2.07. The lowest BCUT2D eigenvalue weighted by molar-refractivity contribution is -0.0420. The van der Waals surface area contributed by atoms with Gasteiger partial charge in [0.05, 0.1) is 5.60 Å². The average Bonchev–Trinajstić information content (AvgIpc) is 1.85. The Labute approximate surface area is 64.6 Å². The van der Waals surface area contributed by atoms with E-state index >= 15 is 0 Å². The highest BCUT2D eigenvalue weighted by Crippen LogP contribution is 2.25. The molecule has 0 aromatic heterocycles. The zero-order chi connectivity index (χ0) is 8.32. The van der Waals surface area contributed by atoms with Gasteiger partial charge >= 0.3 is 0 Å². The molecule has 1 rings (SSSR count). The van der Waals surface area contributed by atoms with Gasteiger partial charge in [-0.3, -0.25) is 0 Å². The number of alkyl halides is 2. The monoisotopic (exact) mass is 165 g/mol. The van der Waals surface area contributed by atoms with Gasteiger partial charge in [0, 0.05) is 6.42 Å². The SMILES string of the molecule is OC1(CC(F)F)CCNCC1. The Balaban J connectivity index is 2.37. The summed E-state index contributed by atoms with van der Waals surface area (Å²) in [6.07, 6.45) is -1.89. The molecule has 1 fully saturated rings. The van der Waals surface area contributed by atoms with Gasteiger partial charge in [0.1, 0.15) is 0 Å². The van der Waals surface area contributed by atoms with Crippen LogP contribution in [0.1, 0.15) is 19.3 Å². The van der Waals surface area contributed by atoms with Gasteiger partial charge in [0.25, 0.3) is 0 Å². The number of hydrogen-bond acceptors (Lipinski definition) is 2. The van der Waals surface area contributed by atoms with Crippen LogP contribution < -0.4 is 5.32 Å². The van der Waals surface area contributed by atoms with Gasteiger partial charge in [-0.05, 0) is 25.9 Å². The molecule has 4 heteroatoms. The lowest BCUT2D eigenvalue weighted by Crippen LogP contribution is -2.43. The maximum atomic E-state index is 11.9. The Morgan fingerprint density at radius 1 is 1.36 bits per heavy atom. The minimum atomic E-state index is -2.39. The second kappa shape index (κ2) is 3.45. The zero-order valence-corrected chi connectivity index (χ0v) is 6.32. The molecule has 11 heavy (non-hydrogen) atoms. The molecule has 0 aliphatic carbocycles. The standard InChI is InChI=1S/C7H13F2NO/c8-6(9)5-7(11)1-3-10-4-2-7/h6,10-11H,1-5H2.